The lowest BCUT2D eigenvalue weighted by molar-refractivity contribution is -0.137. The van der Waals surface area contributed by atoms with Crippen molar-refractivity contribution in [2.24, 2.45) is 0 Å². The quantitative estimate of drug-likeness (QED) is 0.772. The summed E-state index contributed by atoms with van der Waals surface area (Å²) in [4.78, 5) is 22.8. The number of rotatable bonds is 7. The molecule has 0 aliphatic heterocycles. The van der Waals surface area contributed by atoms with Crippen LogP contribution in [0, 0.1) is 13.8 Å². The fourth-order valence-electron chi connectivity index (χ4n) is 2.67. The van der Waals surface area contributed by atoms with Gasteiger partial charge in [-0.05, 0) is 44.9 Å². The molecule has 2 N–H and O–H groups in total. The molecule has 0 bridgehead atoms. The number of benzene rings is 1. The highest BCUT2D eigenvalue weighted by molar-refractivity contribution is 5.95. The van der Waals surface area contributed by atoms with Crippen molar-refractivity contribution in [1.82, 2.24) is 9.88 Å². The smallest absolute Gasteiger partial charge is 0.303 e. The Morgan fingerprint density at radius 3 is 2.48 bits per heavy atom. The van der Waals surface area contributed by atoms with Crippen molar-refractivity contribution in [3.63, 3.8) is 0 Å². The summed E-state index contributed by atoms with van der Waals surface area (Å²) in [5.74, 6) is -0.918. The van der Waals surface area contributed by atoms with Crippen molar-refractivity contribution in [2.75, 3.05) is 6.54 Å². The summed E-state index contributed by atoms with van der Waals surface area (Å²) in [6.07, 6.45) is 1.37. The second-order valence-electron chi connectivity index (χ2n) is 5.56. The minimum atomic E-state index is -0.803. The maximum absolute atomic E-state index is 12.3. The van der Waals surface area contributed by atoms with Gasteiger partial charge in [0, 0.05) is 30.0 Å². The van der Waals surface area contributed by atoms with Gasteiger partial charge in [-0.25, -0.2) is 0 Å². The largest absolute Gasteiger partial charge is 0.481 e. The molecular formula is C18H22N2O3. The highest BCUT2D eigenvalue weighted by Crippen LogP contribution is 2.20. The maximum atomic E-state index is 12.3. The van der Waals surface area contributed by atoms with E-state index >= 15 is 0 Å². The van der Waals surface area contributed by atoms with Crippen LogP contribution >= 0.6 is 0 Å². The molecule has 1 aromatic carbocycles. The lowest BCUT2D eigenvalue weighted by Crippen LogP contribution is -2.25. The predicted octanol–water partition coefficient (Wildman–Crippen LogP) is 3.08. The molecule has 0 saturated carbocycles. The lowest BCUT2D eigenvalue weighted by Gasteiger charge is -2.10. The summed E-state index contributed by atoms with van der Waals surface area (Å²) < 4.78 is 2.05. The number of aryl methyl sites for hydroxylation is 1. The third-order valence-corrected chi connectivity index (χ3v) is 3.79. The Morgan fingerprint density at radius 1 is 1.13 bits per heavy atom. The molecule has 0 spiro atoms. The number of para-hydroxylation sites is 1. The molecule has 5 nitrogen and oxygen atoms in total. The second kappa shape index (κ2) is 7.63. The van der Waals surface area contributed by atoms with Crippen LogP contribution in [0.5, 0.6) is 0 Å². The minimum Gasteiger partial charge on any atom is -0.481 e. The molecule has 23 heavy (non-hydrogen) atoms. The SMILES string of the molecule is Cc1cc(C(=O)NCCCCC(=O)O)c(C)n1-c1ccccc1. The molecule has 0 unspecified atom stereocenters. The van der Waals surface area contributed by atoms with Gasteiger partial charge in [-0.3, -0.25) is 9.59 Å². The molecule has 0 radical (unpaired) electrons. The lowest BCUT2D eigenvalue weighted by atomic mass is 10.2. The van der Waals surface area contributed by atoms with Crippen molar-refractivity contribution in [2.45, 2.75) is 33.1 Å². The fraction of sp³-hybridized carbons (Fsp3) is 0.333. The summed E-state index contributed by atoms with van der Waals surface area (Å²) in [5.41, 5.74) is 3.59. The number of aliphatic carboxylic acids is 1. The number of carboxylic acid groups (broad SMARTS) is 1. The molecule has 0 aliphatic rings. The van der Waals surface area contributed by atoms with Gasteiger partial charge in [0.25, 0.3) is 5.91 Å². The van der Waals surface area contributed by atoms with E-state index in [0.29, 0.717) is 24.9 Å². The van der Waals surface area contributed by atoms with Gasteiger partial charge < -0.3 is 15.0 Å². The summed E-state index contributed by atoms with van der Waals surface area (Å²) in [6, 6.07) is 11.8. The van der Waals surface area contributed by atoms with Gasteiger partial charge in [0.2, 0.25) is 0 Å². The normalized spacial score (nSPS) is 10.5. The number of unbranched alkanes of at least 4 members (excludes halogenated alkanes) is 1. The topological polar surface area (TPSA) is 71.3 Å². The molecule has 1 amide bonds. The number of hydrogen-bond donors (Lipinski definition) is 2. The molecule has 2 rings (SSSR count). The molecule has 1 heterocycles. The molecule has 0 aliphatic carbocycles. The summed E-state index contributed by atoms with van der Waals surface area (Å²) in [5, 5.41) is 11.4. The average molecular weight is 314 g/mol. The van der Waals surface area contributed by atoms with Gasteiger partial charge in [-0.2, -0.15) is 0 Å². The van der Waals surface area contributed by atoms with Crippen LogP contribution in [-0.2, 0) is 4.79 Å². The third kappa shape index (κ3) is 4.22. The van der Waals surface area contributed by atoms with E-state index in [4.69, 9.17) is 5.11 Å². The molecular weight excluding hydrogens is 292 g/mol. The average Bonchev–Trinajstić information content (AvgIpc) is 2.82. The van der Waals surface area contributed by atoms with Crippen molar-refractivity contribution < 1.29 is 14.7 Å². The minimum absolute atomic E-state index is 0.115. The van der Waals surface area contributed by atoms with E-state index in [2.05, 4.69) is 9.88 Å². The van der Waals surface area contributed by atoms with Crippen LogP contribution in [0.2, 0.25) is 0 Å². The highest BCUT2D eigenvalue weighted by Gasteiger charge is 2.16. The van der Waals surface area contributed by atoms with Crippen molar-refractivity contribution in [1.29, 1.82) is 0 Å². The number of hydrogen-bond acceptors (Lipinski definition) is 2. The van der Waals surface area contributed by atoms with Crippen LogP contribution in [-0.4, -0.2) is 28.1 Å². The number of carbonyl (C=O) groups excluding carboxylic acids is 1. The molecule has 1 aromatic heterocycles. The maximum Gasteiger partial charge on any atom is 0.303 e. The Hall–Kier alpha value is -2.56. The van der Waals surface area contributed by atoms with Crippen LogP contribution < -0.4 is 5.32 Å². The Labute approximate surface area is 135 Å². The molecule has 0 atom stereocenters. The Bertz CT molecular complexity index is 690. The van der Waals surface area contributed by atoms with Crippen LogP contribution in [0.1, 0.15) is 41.0 Å². The number of nitrogens with zero attached hydrogens (tertiary/aromatic N) is 1. The second-order valence-corrected chi connectivity index (χ2v) is 5.56. The Morgan fingerprint density at radius 2 is 1.83 bits per heavy atom. The zero-order chi connectivity index (χ0) is 16.8. The van der Waals surface area contributed by atoms with E-state index in [9.17, 15) is 9.59 Å². The van der Waals surface area contributed by atoms with Crippen LogP contribution in [0.15, 0.2) is 36.4 Å². The third-order valence-electron chi connectivity index (χ3n) is 3.79. The first-order valence-electron chi connectivity index (χ1n) is 7.75. The standard InChI is InChI=1S/C18H22N2O3/c1-13-12-16(18(23)19-11-7-6-10-17(21)22)14(2)20(13)15-8-4-3-5-9-15/h3-5,8-9,12H,6-7,10-11H2,1-2H3,(H,19,23)(H,21,22). The van der Waals surface area contributed by atoms with Gasteiger partial charge in [0.15, 0.2) is 0 Å². The first-order chi connectivity index (χ1) is 11.0. The van der Waals surface area contributed by atoms with Gasteiger partial charge in [-0.1, -0.05) is 18.2 Å². The summed E-state index contributed by atoms with van der Waals surface area (Å²) in [6.45, 7) is 4.39. The van der Waals surface area contributed by atoms with Gasteiger partial charge in [-0.15, -0.1) is 0 Å². The van der Waals surface area contributed by atoms with E-state index in [1.807, 2.05) is 50.2 Å². The van der Waals surface area contributed by atoms with E-state index in [-0.39, 0.29) is 12.3 Å². The van der Waals surface area contributed by atoms with E-state index in [0.717, 1.165) is 17.1 Å². The number of carbonyl (C=O) groups is 2. The Kier molecular flexibility index (Phi) is 5.57. The molecule has 0 fully saturated rings. The fourth-order valence-corrected chi connectivity index (χ4v) is 2.67. The first-order valence-corrected chi connectivity index (χ1v) is 7.75. The van der Waals surface area contributed by atoms with Crippen molar-refractivity contribution in [3.05, 3.63) is 53.3 Å². The van der Waals surface area contributed by atoms with Crippen LogP contribution in [0.4, 0.5) is 0 Å². The zero-order valence-electron chi connectivity index (χ0n) is 13.5. The van der Waals surface area contributed by atoms with Gasteiger partial charge >= 0.3 is 5.97 Å². The van der Waals surface area contributed by atoms with E-state index < -0.39 is 5.97 Å². The van der Waals surface area contributed by atoms with E-state index in [1.165, 1.54) is 0 Å². The van der Waals surface area contributed by atoms with Crippen LogP contribution in [0.3, 0.4) is 0 Å². The Balaban J connectivity index is 2.03. The molecule has 5 heteroatoms. The van der Waals surface area contributed by atoms with Gasteiger partial charge in [0.05, 0.1) is 5.56 Å². The van der Waals surface area contributed by atoms with Crippen molar-refractivity contribution >= 4 is 11.9 Å². The molecule has 0 saturated heterocycles. The van der Waals surface area contributed by atoms with Gasteiger partial charge in [0.1, 0.15) is 0 Å². The molecule has 122 valence electrons. The number of nitrogens with one attached hydrogen (secondary N) is 1. The summed E-state index contributed by atoms with van der Waals surface area (Å²) >= 11 is 0. The first kappa shape index (κ1) is 16.8. The van der Waals surface area contributed by atoms with Crippen molar-refractivity contribution in [3.8, 4) is 5.69 Å². The van der Waals surface area contributed by atoms with E-state index in [1.54, 1.807) is 0 Å². The zero-order valence-corrected chi connectivity index (χ0v) is 13.5. The summed E-state index contributed by atoms with van der Waals surface area (Å²) in [7, 11) is 0. The number of aromatic nitrogens is 1. The number of amides is 1. The monoisotopic (exact) mass is 314 g/mol. The highest BCUT2D eigenvalue weighted by atomic mass is 16.4. The van der Waals surface area contributed by atoms with Crippen LogP contribution in [0.25, 0.3) is 5.69 Å². The number of carboxylic acids is 1. The molecule has 2 aromatic rings. The predicted molar refractivity (Wildman–Crippen MR) is 89.1 cm³/mol.